The second kappa shape index (κ2) is 10.9. The average Bonchev–Trinajstić information content (AvgIpc) is 3.03. The maximum Gasteiger partial charge on any atom is 0.263 e. The van der Waals surface area contributed by atoms with E-state index in [0.717, 1.165) is 29.5 Å². The van der Waals surface area contributed by atoms with Gasteiger partial charge >= 0.3 is 0 Å². The first kappa shape index (κ1) is 24.9. The van der Waals surface area contributed by atoms with Crippen LogP contribution in [-0.2, 0) is 30.7 Å². The number of thiazole rings is 1. The lowest BCUT2D eigenvalue weighted by Gasteiger charge is -2.33. The zero-order valence-electron chi connectivity index (χ0n) is 18.3. The van der Waals surface area contributed by atoms with Gasteiger partial charge in [-0.25, -0.2) is 8.42 Å². The number of hydrogen-bond acceptors (Lipinski definition) is 6. The lowest BCUT2D eigenvalue weighted by atomic mass is 10.0. The molecule has 1 aliphatic rings. The Morgan fingerprint density at radius 1 is 1.28 bits per heavy atom. The first-order valence-electron chi connectivity index (χ1n) is 10.6. The Balaban J connectivity index is 1.79. The van der Waals surface area contributed by atoms with E-state index in [1.807, 2.05) is 24.5 Å². The van der Waals surface area contributed by atoms with Gasteiger partial charge in [-0.2, -0.15) is 4.99 Å². The van der Waals surface area contributed by atoms with Crippen LogP contribution in [0.3, 0.4) is 0 Å². The number of carbonyl (C=O) groups excluding carboxylic acids is 2. The van der Waals surface area contributed by atoms with Crippen LogP contribution in [0.5, 0.6) is 0 Å². The maximum atomic E-state index is 12.5. The first-order valence-corrected chi connectivity index (χ1v) is 13.7. The summed E-state index contributed by atoms with van der Waals surface area (Å²) in [6.07, 6.45) is 2.75. The number of amides is 2. The summed E-state index contributed by atoms with van der Waals surface area (Å²) in [5.41, 5.74) is 0.836. The number of carbonyl (C=O) groups is 2. The Morgan fingerprint density at radius 3 is 2.78 bits per heavy atom. The third kappa shape index (κ3) is 6.40. The van der Waals surface area contributed by atoms with Crippen molar-refractivity contribution in [1.29, 1.82) is 0 Å². The summed E-state index contributed by atoms with van der Waals surface area (Å²) in [6, 6.07) is 5.37. The molecule has 0 bridgehead atoms. The minimum atomic E-state index is -3.93. The maximum absolute atomic E-state index is 12.5. The lowest BCUT2D eigenvalue weighted by molar-refractivity contribution is -0.131. The molecule has 0 N–H and O–H groups in total. The predicted octanol–water partition coefficient (Wildman–Crippen LogP) is 2.64. The van der Waals surface area contributed by atoms with Crippen molar-refractivity contribution in [1.82, 2.24) is 9.47 Å². The summed E-state index contributed by atoms with van der Waals surface area (Å²) < 4.78 is 33.1. The van der Waals surface area contributed by atoms with Crippen molar-refractivity contribution in [3.05, 3.63) is 28.0 Å². The molecule has 32 heavy (non-hydrogen) atoms. The molecule has 176 valence electrons. The largest absolute Gasteiger partial charge is 0.380 e. The standard InChI is InChI=1S/C21H28ClN3O5S2/c1-3-30-11-10-25-17-8-7-16(22)12-18(17)31-21(25)23-19(26)13-32(28,29)14-20(27)24-9-5-4-6-15(24)2/h7-8,12,15H,3-6,9-11,13-14H2,1-2H3. The Labute approximate surface area is 196 Å². The van der Waals surface area contributed by atoms with E-state index in [-0.39, 0.29) is 6.04 Å². The predicted molar refractivity (Wildman–Crippen MR) is 126 cm³/mol. The molecule has 1 aromatic carbocycles. The van der Waals surface area contributed by atoms with Crippen molar-refractivity contribution in [2.45, 2.75) is 45.7 Å². The molecule has 1 saturated heterocycles. The minimum Gasteiger partial charge on any atom is -0.380 e. The molecule has 3 rings (SSSR count). The Bertz CT molecular complexity index is 1160. The minimum absolute atomic E-state index is 0.0153. The van der Waals surface area contributed by atoms with Gasteiger partial charge in [-0.15, -0.1) is 0 Å². The Kier molecular flexibility index (Phi) is 8.49. The number of benzene rings is 1. The van der Waals surface area contributed by atoms with Crippen LogP contribution in [0.4, 0.5) is 0 Å². The fourth-order valence-corrected chi connectivity index (χ4v) is 6.20. The number of halogens is 1. The molecule has 1 fully saturated rings. The van der Waals surface area contributed by atoms with Gasteiger partial charge in [0.1, 0.15) is 11.5 Å². The molecule has 0 aliphatic carbocycles. The zero-order chi connectivity index (χ0) is 23.3. The number of ether oxygens (including phenoxy) is 1. The van der Waals surface area contributed by atoms with E-state index in [9.17, 15) is 18.0 Å². The van der Waals surface area contributed by atoms with Crippen molar-refractivity contribution < 1.29 is 22.7 Å². The number of fused-ring (bicyclic) bond motifs is 1. The molecular weight excluding hydrogens is 474 g/mol. The van der Waals surface area contributed by atoms with E-state index < -0.39 is 33.2 Å². The third-order valence-electron chi connectivity index (χ3n) is 5.34. The van der Waals surface area contributed by atoms with Gasteiger partial charge in [-0.3, -0.25) is 9.59 Å². The number of piperidine rings is 1. The normalized spacial score (nSPS) is 17.8. The van der Waals surface area contributed by atoms with Crippen LogP contribution >= 0.6 is 22.9 Å². The lowest BCUT2D eigenvalue weighted by Crippen LogP contribution is -2.45. The van der Waals surface area contributed by atoms with Gasteiger partial charge in [0.15, 0.2) is 14.6 Å². The van der Waals surface area contributed by atoms with E-state index in [4.69, 9.17) is 16.3 Å². The summed E-state index contributed by atoms with van der Waals surface area (Å²) in [5, 5.41) is 0.557. The van der Waals surface area contributed by atoms with Gasteiger partial charge in [0.25, 0.3) is 5.91 Å². The number of likely N-dealkylation sites (tertiary alicyclic amines) is 1. The average molecular weight is 502 g/mol. The number of aromatic nitrogens is 1. The molecule has 1 atom stereocenters. The van der Waals surface area contributed by atoms with Crippen molar-refractivity contribution in [2.24, 2.45) is 4.99 Å². The molecule has 1 aliphatic heterocycles. The van der Waals surface area contributed by atoms with Crippen molar-refractivity contribution in [3.63, 3.8) is 0 Å². The topological polar surface area (TPSA) is 98.0 Å². The highest BCUT2D eigenvalue weighted by atomic mass is 35.5. The van der Waals surface area contributed by atoms with Crippen LogP contribution in [0.25, 0.3) is 10.2 Å². The smallest absolute Gasteiger partial charge is 0.263 e. The van der Waals surface area contributed by atoms with Gasteiger partial charge < -0.3 is 14.2 Å². The van der Waals surface area contributed by atoms with Crippen LogP contribution in [0.15, 0.2) is 23.2 Å². The zero-order valence-corrected chi connectivity index (χ0v) is 20.6. The fraction of sp³-hybridized carbons (Fsp3) is 0.571. The Morgan fingerprint density at radius 2 is 2.06 bits per heavy atom. The first-order chi connectivity index (χ1) is 15.2. The second-order valence-corrected chi connectivity index (χ2v) is 11.3. The molecule has 0 spiro atoms. The molecule has 11 heteroatoms. The van der Waals surface area contributed by atoms with E-state index in [1.54, 1.807) is 17.0 Å². The summed E-state index contributed by atoms with van der Waals surface area (Å²) in [4.78, 5) is 31.1. The number of hydrogen-bond donors (Lipinski definition) is 0. The number of rotatable bonds is 8. The van der Waals surface area contributed by atoms with Crippen molar-refractivity contribution in [3.8, 4) is 0 Å². The molecule has 8 nitrogen and oxygen atoms in total. The molecule has 1 unspecified atom stereocenters. The van der Waals surface area contributed by atoms with Crippen molar-refractivity contribution in [2.75, 3.05) is 31.3 Å². The molecule has 2 heterocycles. The number of nitrogens with zero attached hydrogens (tertiary/aromatic N) is 3. The van der Waals surface area contributed by atoms with Gasteiger partial charge in [-0.05, 0) is 51.3 Å². The molecule has 2 amide bonds. The summed E-state index contributed by atoms with van der Waals surface area (Å²) in [7, 11) is -3.93. The second-order valence-electron chi connectivity index (χ2n) is 7.81. The number of sulfone groups is 1. The molecule has 0 saturated carbocycles. The third-order valence-corrected chi connectivity index (χ3v) is 7.99. The van der Waals surface area contributed by atoms with Crippen molar-refractivity contribution >= 4 is 54.8 Å². The highest BCUT2D eigenvalue weighted by molar-refractivity contribution is 7.92. The molecule has 2 aromatic rings. The van der Waals surface area contributed by atoms with E-state index >= 15 is 0 Å². The van der Waals surface area contributed by atoms with Gasteiger partial charge in [0.2, 0.25) is 5.91 Å². The van der Waals surface area contributed by atoms with Crippen LogP contribution < -0.4 is 4.80 Å². The monoisotopic (exact) mass is 501 g/mol. The van der Waals surface area contributed by atoms with Crippen LogP contribution in [0.2, 0.25) is 5.02 Å². The molecular formula is C21H28ClN3O5S2. The highest BCUT2D eigenvalue weighted by Gasteiger charge is 2.28. The van der Waals surface area contributed by atoms with E-state index in [0.29, 0.717) is 36.1 Å². The highest BCUT2D eigenvalue weighted by Crippen LogP contribution is 2.22. The summed E-state index contributed by atoms with van der Waals surface area (Å²) in [6.45, 7) is 5.80. The van der Waals surface area contributed by atoms with E-state index in [1.165, 1.54) is 11.3 Å². The quantitative estimate of drug-likeness (QED) is 0.518. The van der Waals surface area contributed by atoms with Crippen LogP contribution in [0.1, 0.15) is 33.1 Å². The summed E-state index contributed by atoms with van der Waals surface area (Å²) >= 11 is 7.34. The van der Waals surface area contributed by atoms with Gasteiger partial charge in [0, 0.05) is 30.8 Å². The molecule has 0 radical (unpaired) electrons. The van der Waals surface area contributed by atoms with Crippen LogP contribution in [0, 0.1) is 0 Å². The fourth-order valence-electron chi connectivity index (χ4n) is 3.77. The van der Waals surface area contributed by atoms with E-state index in [2.05, 4.69) is 4.99 Å². The summed E-state index contributed by atoms with van der Waals surface area (Å²) in [5.74, 6) is -2.73. The van der Waals surface area contributed by atoms with Gasteiger partial charge in [-0.1, -0.05) is 22.9 Å². The van der Waals surface area contributed by atoms with Crippen LogP contribution in [-0.4, -0.2) is 67.0 Å². The Hall–Kier alpha value is -1.75. The van der Waals surface area contributed by atoms with Gasteiger partial charge in [0.05, 0.1) is 16.8 Å². The molecule has 1 aromatic heterocycles. The SMILES string of the molecule is CCOCCn1c(=NC(=O)CS(=O)(=O)CC(=O)N2CCCCC2C)sc2cc(Cl)ccc21.